The van der Waals surface area contributed by atoms with Crippen LogP contribution in [0.25, 0.3) is 0 Å². The average molecular weight is 236 g/mol. The number of ether oxygens (including phenoxy) is 1. The van der Waals surface area contributed by atoms with E-state index in [0.717, 1.165) is 19.6 Å². The lowest BCUT2D eigenvalue weighted by atomic mass is 10.1. The van der Waals surface area contributed by atoms with E-state index in [1.165, 1.54) is 0 Å². The van der Waals surface area contributed by atoms with Crippen molar-refractivity contribution in [3.05, 3.63) is 0 Å². The SMILES string of the molecule is CCNCCS(=O)(=O)NCC1CCOC1. The Hall–Kier alpha value is -0.170. The lowest BCUT2D eigenvalue weighted by molar-refractivity contribution is 0.186. The standard InChI is InChI=1S/C9H20N2O3S/c1-2-10-4-6-15(12,13)11-7-9-3-5-14-8-9/h9-11H,2-8H2,1H3. The molecule has 1 atom stereocenters. The van der Waals surface area contributed by atoms with Gasteiger partial charge in [-0.2, -0.15) is 0 Å². The summed E-state index contributed by atoms with van der Waals surface area (Å²) in [5, 5.41) is 2.99. The van der Waals surface area contributed by atoms with E-state index >= 15 is 0 Å². The molecule has 1 aliphatic heterocycles. The molecule has 1 aliphatic rings. The third-order valence-corrected chi connectivity index (χ3v) is 3.76. The summed E-state index contributed by atoms with van der Waals surface area (Å²) in [6.07, 6.45) is 0.954. The molecule has 1 heterocycles. The van der Waals surface area contributed by atoms with E-state index in [0.29, 0.717) is 25.6 Å². The van der Waals surface area contributed by atoms with E-state index in [1.807, 2.05) is 6.92 Å². The molecule has 0 aliphatic carbocycles. The zero-order valence-electron chi connectivity index (χ0n) is 9.16. The molecule has 0 aromatic heterocycles. The summed E-state index contributed by atoms with van der Waals surface area (Å²) in [6.45, 7) is 5.20. The van der Waals surface area contributed by atoms with Gasteiger partial charge < -0.3 is 10.1 Å². The summed E-state index contributed by atoms with van der Waals surface area (Å²) in [7, 11) is -3.11. The van der Waals surface area contributed by atoms with Crippen LogP contribution in [0.2, 0.25) is 0 Å². The van der Waals surface area contributed by atoms with Crippen LogP contribution in [0.3, 0.4) is 0 Å². The molecule has 6 heteroatoms. The molecular weight excluding hydrogens is 216 g/mol. The van der Waals surface area contributed by atoms with Gasteiger partial charge in [-0.25, -0.2) is 13.1 Å². The van der Waals surface area contributed by atoms with Gasteiger partial charge in [-0.3, -0.25) is 0 Å². The Kier molecular flexibility index (Phi) is 5.52. The maximum Gasteiger partial charge on any atom is 0.212 e. The van der Waals surface area contributed by atoms with E-state index < -0.39 is 10.0 Å². The second-order valence-corrected chi connectivity index (χ2v) is 5.68. The fraction of sp³-hybridized carbons (Fsp3) is 1.00. The minimum absolute atomic E-state index is 0.147. The normalized spacial score (nSPS) is 22.1. The summed E-state index contributed by atoms with van der Waals surface area (Å²) in [5.74, 6) is 0.493. The minimum atomic E-state index is -3.11. The number of nitrogens with one attached hydrogen (secondary N) is 2. The zero-order chi connectivity index (χ0) is 11.1. The summed E-state index contributed by atoms with van der Waals surface area (Å²) >= 11 is 0. The number of sulfonamides is 1. The van der Waals surface area contributed by atoms with Gasteiger partial charge >= 0.3 is 0 Å². The van der Waals surface area contributed by atoms with Crippen LogP contribution in [-0.4, -0.2) is 47.0 Å². The van der Waals surface area contributed by atoms with Crippen molar-refractivity contribution in [2.75, 3.05) is 38.6 Å². The molecule has 1 fully saturated rings. The number of hydrogen-bond acceptors (Lipinski definition) is 4. The summed E-state index contributed by atoms with van der Waals surface area (Å²) < 4.78 is 30.7. The highest BCUT2D eigenvalue weighted by Crippen LogP contribution is 2.10. The van der Waals surface area contributed by atoms with Gasteiger partial charge in [0, 0.05) is 19.7 Å². The molecule has 1 saturated heterocycles. The van der Waals surface area contributed by atoms with Crippen molar-refractivity contribution >= 4 is 10.0 Å². The lowest BCUT2D eigenvalue weighted by Gasteiger charge is -2.10. The van der Waals surface area contributed by atoms with E-state index in [4.69, 9.17) is 4.74 Å². The van der Waals surface area contributed by atoms with Gasteiger partial charge in [-0.15, -0.1) is 0 Å². The molecular formula is C9H20N2O3S. The van der Waals surface area contributed by atoms with Crippen LogP contribution in [0.5, 0.6) is 0 Å². The van der Waals surface area contributed by atoms with Crippen molar-refractivity contribution in [2.24, 2.45) is 5.92 Å². The Morgan fingerprint density at radius 1 is 1.47 bits per heavy atom. The minimum Gasteiger partial charge on any atom is -0.381 e. The maximum atomic E-state index is 11.5. The molecule has 15 heavy (non-hydrogen) atoms. The third-order valence-electron chi connectivity index (χ3n) is 2.41. The van der Waals surface area contributed by atoms with Gasteiger partial charge in [0.1, 0.15) is 0 Å². The van der Waals surface area contributed by atoms with Crippen LogP contribution in [0.15, 0.2) is 0 Å². The molecule has 0 spiro atoms. The first-order chi connectivity index (χ1) is 7.14. The second kappa shape index (κ2) is 6.42. The monoisotopic (exact) mass is 236 g/mol. The third kappa shape index (κ3) is 5.46. The van der Waals surface area contributed by atoms with Gasteiger partial charge in [-0.05, 0) is 18.9 Å². The Balaban J connectivity index is 2.17. The highest BCUT2D eigenvalue weighted by molar-refractivity contribution is 7.89. The summed E-state index contributed by atoms with van der Waals surface area (Å²) in [4.78, 5) is 0. The van der Waals surface area contributed by atoms with Gasteiger partial charge in [0.25, 0.3) is 0 Å². The largest absolute Gasteiger partial charge is 0.381 e. The molecule has 90 valence electrons. The van der Waals surface area contributed by atoms with Crippen LogP contribution < -0.4 is 10.0 Å². The molecule has 0 bridgehead atoms. The molecule has 2 N–H and O–H groups in total. The quantitative estimate of drug-likeness (QED) is 0.588. The van der Waals surface area contributed by atoms with Crippen molar-refractivity contribution in [3.8, 4) is 0 Å². The van der Waals surface area contributed by atoms with E-state index in [2.05, 4.69) is 10.0 Å². The topological polar surface area (TPSA) is 67.4 Å². The van der Waals surface area contributed by atoms with E-state index in [-0.39, 0.29) is 5.75 Å². The lowest BCUT2D eigenvalue weighted by Crippen LogP contribution is -2.35. The van der Waals surface area contributed by atoms with Crippen LogP contribution in [0, 0.1) is 5.92 Å². The summed E-state index contributed by atoms with van der Waals surface area (Å²) in [6, 6.07) is 0. The van der Waals surface area contributed by atoms with Crippen molar-refractivity contribution in [1.29, 1.82) is 0 Å². The van der Waals surface area contributed by atoms with E-state index in [1.54, 1.807) is 0 Å². The number of rotatable bonds is 7. The fourth-order valence-electron chi connectivity index (χ4n) is 1.44. The van der Waals surface area contributed by atoms with Crippen LogP contribution in [-0.2, 0) is 14.8 Å². The Morgan fingerprint density at radius 3 is 2.87 bits per heavy atom. The molecule has 0 saturated carbocycles. The van der Waals surface area contributed by atoms with Gasteiger partial charge in [0.05, 0.1) is 12.4 Å². The number of hydrogen-bond donors (Lipinski definition) is 2. The first kappa shape index (κ1) is 12.9. The smallest absolute Gasteiger partial charge is 0.212 e. The van der Waals surface area contributed by atoms with E-state index in [9.17, 15) is 8.42 Å². The van der Waals surface area contributed by atoms with Gasteiger partial charge in [0.15, 0.2) is 0 Å². The highest BCUT2D eigenvalue weighted by atomic mass is 32.2. The highest BCUT2D eigenvalue weighted by Gasteiger charge is 2.18. The molecule has 0 amide bonds. The molecule has 0 aromatic rings. The fourth-order valence-corrected chi connectivity index (χ4v) is 2.49. The van der Waals surface area contributed by atoms with Crippen molar-refractivity contribution in [1.82, 2.24) is 10.0 Å². The van der Waals surface area contributed by atoms with Crippen molar-refractivity contribution in [2.45, 2.75) is 13.3 Å². The first-order valence-corrected chi connectivity index (χ1v) is 7.05. The molecule has 1 unspecified atom stereocenters. The predicted octanol–water partition coefficient (Wildman–Crippen LogP) is -0.448. The van der Waals surface area contributed by atoms with Gasteiger partial charge in [-0.1, -0.05) is 6.92 Å². The molecule has 1 rings (SSSR count). The maximum absolute atomic E-state index is 11.5. The zero-order valence-corrected chi connectivity index (χ0v) is 9.98. The predicted molar refractivity (Wildman–Crippen MR) is 59.3 cm³/mol. The Labute approximate surface area is 91.6 Å². The molecule has 5 nitrogen and oxygen atoms in total. The molecule has 0 aromatic carbocycles. The van der Waals surface area contributed by atoms with Gasteiger partial charge in [0.2, 0.25) is 10.0 Å². The second-order valence-electron chi connectivity index (χ2n) is 3.75. The van der Waals surface area contributed by atoms with Crippen LogP contribution >= 0.6 is 0 Å². The van der Waals surface area contributed by atoms with Crippen molar-refractivity contribution in [3.63, 3.8) is 0 Å². The first-order valence-electron chi connectivity index (χ1n) is 5.40. The Bertz CT molecular complexity index is 261. The summed E-state index contributed by atoms with van der Waals surface area (Å²) in [5.41, 5.74) is 0. The van der Waals surface area contributed by atoms with Crippen LogP contribution in [0.1, 0.15) is 13.3 Å². The van der Waals surface area contributed by atoms with Crippen LogP contribution in [0.4, 0.5) is 0 Å². The van der Waals surface area contributed by atoms with Crippen molar-refractivity contribution < 1.29 is 13.2 Å². The Morgan fingerprint density at radius 2 is 2.27 bits per heavy atom. The molecule has 0 radical (unpaired) electrons. The average Bonchev–Trinajstić information content (AvgIpc) is 2.68.